The zero-order chi connectivity index (χ0) is 54.4. The molecule has 21 nitrogen and oxygen atoms in total. The van der Waals surface area contributed by atoms with Gasteiger partial charge in [-0.2, -0.15) is 11.1 Å². The van der Waals surface area contributed by atoms with Gasteiger partial charge in [0.2, 0.25) is 0 Å². The number of nitrogens with one attached hydrogen (secondary N) is 1. The van der Waals surface area contributed by atoms with Gasteiger partial charge in [-0.25, -0.2) is 33.6 Å². The lowest BCUT2D eigenvalue weighted by Gasteiger charge is -2.22. The Balaban J connectivity index is -0.000000253. The van der Waals surface area contributed by atoms with E-state index in [0.717, 1.165) is 82.8 Å². The third-order valence-corrected chi connectivity index (χ3v) is 7.54. The predicted octanol–water partition coefficient (Wildman–Crippen LogP) is 7.50. The molecule has 0 heterocycles. The Morgan fingerprint density at radius 3 is 1.29 bits per heavy atom. The first-order valence-corrected chi connectivity index (χ1v) is 26.6. The molecule has 0 rings (SSSR count). The summed E-state index contributed by atoms with van der Waals surface area (Å²) < 4.78 is 49.5. The van der Waals surface area contributed by atoms with Gasteiger partial charge in [0.25, 0.3) is 0 Å². The number of aliphatic hydroxyl groups excluding tert-OH is 1. The maximum absolute atomic E-state index is 12.1. The Morgan fingerprint density at radius 1 is 0.557 bits per heavy atom. The highest BCUT2D eigenvalue weighted by Crippen LogP contribution is 2.08. The number of halogens is 1. The van der Waals surface area contributed by atoms with E-state index in [4.69, 9.17) is 50.7 Å². The first-order valence-electron chi connectivity index (χ1n) is 23.1. The highest BCUT2D eigenvalue weighted by atomic mass is 35.6. The zero-order valence-corrected chi connectivity index (χ0v) is 43.8. The third kappa shape index (κ3) is 58.7. The fourth-order valence-corrected chi connectivity index (χ4v) is 4.48. The van der Waals surface area contributed by atoms with Crippen molar-refractivity contribution >= 4 is 66.6 Å². The van der Waals surface area contributed by atoms with Gasteiger partial charge in [0.15, 0.2) is 0 Å². The SMILES string of the molecule is C.C=CC(=O)OCCOC(=O)CCCCCCCNC(=O)OCCOC(=O)C=C.C=CC(=O)OCCOC(=O)N(CC)CCCCCCN(COC)C(=O)OCCOC(=O)C=C.CO.C[Si](C)(C)Cl.[2H]C. The van der Waals surface area contributed by atoms with E-state index in [0.29, 0.717) is 39.0 Å². The average molecular weight is 1050 g/mol. The molecule has 0 aromatic heterocycles. The highest BCUT2D eigenvalue weighted by molar-refractivity contribution is 7.18. The first kappa shape index (κ1) is 73.5. The molecule has 0 spiro atoms. The zero-order valence-electron chi connectivity index (χ0n) is 43.1. The number of ether oxygens (including phenoxy) is 9. The molecule has 0 fully saturated rings. The van der Waals surface area contributed by atoms with Crippen LogP contribution in [0.15, 0.2) is 50.6 Å². The van der Waals surface area contributed by atoms with Crippen LogP contribution in [0.2, 0.25) is 19.6 Å². The first-order chi connectivity index (χ1) is 33.4. The van der Waals surface area contributed by atoms with Gasteiger partial charge in [-0.3, -0.25) is 9.69 Å². The van der Waals surface area contributed by atoms with Gasteiger partial charge in [-0.1, -0.05) is 92.9 Å². The summed E-state index contributed by atoms with van der Waals surface area (Å²) in [5.74, 6) is -2.58. The summed E-state index contributed by atoms with van der Waals surface area (Å²) in [6.45, 7) is 23.1. The number of amides is 3. The van der Waals surface area contributed by atoms with E-state index in [1.807, 2.05) is 6.92 Å². The molecule has 0 aliphatic heterocycles. The molecule has 0 atom stereocenters. The van der Waals surface area contributed by atoms with Crippen LogP contribution in [0, 0.1) is 0 Å². The van der Waals surface area contributed by atoms with E-state index in [9.17, 15) is 38.4 Å². The van der Waals surface area contributed by atoms with Gasteiger partial charge in [0.05, 0.1) is 0 Å². The largest absolute Gasteiger partial charge is 0.462 e. The standard InChI is InChI=1S/C22H36N2O9.C19H29NO8.C3H9ClSi.CH4O.2CH4/c1-5-19(25)30-14-16-32-21(27)23(7-3)12-10-8-9-11-13-24(18-29-4)22(28)33-17-15-31-20(26)6-2;1-3-16(21)25-12-13-27-18(23)10-8-6-5-7-9-11-20-19(24)28-15-14-26-17(22)4-2;1-5(2,3)4;1-2;;/h5-6H,1-2,7-18H2,3-4H3;3-4H,1-2,5-15H2,(H,20,24);1-3H3;2H,1H3;2*1H4/i;;;;1D;. The lowest BCUT2D eigenvalue weighted by Crippen LogP contribution is -2.35. The summed E-state index contributed by atoms with van der Waals surface area (Å²) >= 11 is 5.67. The summed E-state index contributed by atoms with van der Waals surface area (Å²) in [5.41, 5.74) is 0. The van der Waals surface area contributed by atoms with Gasteiger partial charge < -0.3 is 58.0 Å². The molecule has 0 aromatic carbocycles. The minimum absolute atomic E-state index is 0. The fraction of sp³-hybridized carbons (Fsp3) is 0.660. The molecule has 23 heteroatoms. The Kier molecular flexibility index (Phi) is 57.2. The molecule has 0 aliphatic rings. The molecule has 0 radical (unpaired) electrons. The second kappa shape index (κ2) is 54.5. The topological polar surface area (TPSA) is 258 Å². The lowest BCUT2D eigenvalue weighted by atomic mass is 10.1. The quantitative estimate of drug-likeness (QED) is 0.0120. The van der Waals surface area contributed by atoms with Crippen LogP contribution in [-0.2, 0) is 66.6 Å². The summed E-state index contributed by atoms with van der Waals surface area (Å²) in [5, 5.41) is 9.60. The lowest BCUT2D eigenvalue weighted by molar-refractivity contribution is -0.149. The van der Waals surface area contributed by atoms with Crippen LogP contribution in [0.3, 0.4) is 0 Å². The van der Waals surface area contributed by atoms with E-state index < -0.39 is 49.5 Å². The molecule has 70 heavy (non-hydrogen) atoms. The van der Waals surface area contributed by atoms with E-state index in [2.05, 4.69) is 60.7 Å². The molecule has 0 saturated heterocycles. The van der Waals surface area contributed by atoms with Crippen LogP contribution >= 0.6 is 11.1 Å². The van der Waals surface area contributed by atoms with Crippen LogP contribution in [0.5, 0.6) is 0 Å². The van der Waals surface area contributed by atoms with Gasteiger partial charge in [0, 0.05) is 72.5 Å². The molecule has 3 amide bonds. The number of hydrogen-bond donors (Lipinski definition) is 2. The van der Waals surface area contributed by atoms with Crippen molar-refractivity contribution in [2.45, 2.75) is 106 Å². The van der Waals surface area contributed by atoms with Crippen LogP contribution in [0.4, 0.5) is 14.4 Å². The monoisotopic (exact) mass is 1040 g/mol. The Morgan fingerprint density at radius 2 is 0.886 bits per heavy atom. The van der Waals surface area contributed by atoms with E-state index in [1.54, 1.807) is 4.90 Å². The molecule has 0 aromatic rings. The van der Waals surface area contributed by atoms with Crippen molar-refractivity contribution in [3.05, 3.63) is 50.6 Å². The third-order valence-electron chi connectivity index (χ3n) is 7.54. The molecule has 0 saturated carbocycles. The summed E-state index contributed by atoms with van der Waals surface area (Å²) in [4.78, 5) is 93.4. The maximum atomic E-state index is 12.1. The number of esters is 5. The van der Waals surface area contributed by atoms with Crippen molar-refractivity contribution in [1.82, 2.24) is 15.1 Å². The number of hydrogen-bond acceptors (Lipinski definition) is 18. The molecule has 0 bridgehead atoms. The van der Waals surface area contributed by atoms with Crippen LogP contribution in [-0.4, -0.2) is 170 Å². The minimum atomic E-state index is -1.14. The molecule has 0 aliphatic carbocycles. The van der Waals surface area contributed by atoms with Crippen LogP contribution in [0.25, 0.3) is 0 Å². The Hall–Kier alpha value is -5.45. The summed E-state index contributed by atoms with van der Waals surface area (Å²) in [6.07, 6.45) is 10.3. The average Bonchev–Trinajstić information content (AvgIpc) is 3.34. The van der Waals surface area contributed by atoms with Gasteiger partial charge >= 0.3 is 48.1 Å². The molecule has 2 N–H and O–H groups in total. The normalized spacial score (nSPS) is 9.64. The van der Waals surface area contributed by atoms with Crippen molar-refractivity contribution in [1.29, 1.82) is 0 Å². The molecular formula is C47H86ClN3O18Si. The Labute approximate surface area is 424 Å². The molecule has 408 valence electrons. The van der Waals surface area contributed by atoms with Crippen molar-refractivity contribution < 1.29 is 87.5 Å². The maximum Gasteiger partial charge on any atom is 0.411 e. The second-order valence-corrected chi connectivity index (χ2v) is 21.8. The number of carbonyl (C=O) groups excluding carboxylic acids is 8. The van der Waals surface area contributed by atoms with Gasteiger partial charge in [-0.15, -0.1) is 0 Å². The van der Waals surface area contributed by atoms with Crippen molar-refractivity contribution in [3.8, 4) is 0 Å². The van der Waals surface area contributed by atoms with Crippen molar-refractivity contribution in [2.24, 2.45) is 0 Å². The van der Waals surface area contributed by atoms with Crippen LogP contribution < -0.4 is 5.32 Å². The summed E-state index contributed by atoms with van der Waals surface area (Å²) in [6, 6.07) is 0. The number of unbranched alkanes of at least 4 members (excludes halogenated alkanes) is 7. The van der Waals surface area contributed by atoms with Crippen LogP contribution in [0.1, 0.15) is 87.3 Å². The number of aliphatic hydroxyl groups is 1. The van der Waals surface area contributed by atoms with Crippen molar-refractivity contribution in [3.63, 3.8) is 0 Å². The smallest absolute Gasteiger partial charge is 0.411 e. The van der Waals surface area contributed by atoms with Gasteiger partial charge in [-0.05, 0) is 32.6 Å². The number of nitrogens with zero attached hydrogens (tertiary/aromatic N) is 2. The summed E-state index contributed by atoms with van der Waals surface area (Å²) in [7, 11) is 2.59. The highest BCUT2D eigenvalue weighted by Gasteiger charge is 2.16. The predicted molar refractivity (Wildman–Crippen MR) is 270 cm³/mol. The molecule has 0 unspecified atom stereocenters. The number of methoxy groups -OCH3 is 1. The van der Waals surface area contributed by atoms with E-state index in [1.165, 1.54) is 19.4 Å². The van der Waals surface area contributed by atoms with Gasteiger partial charge in [0.1, 0.15) is 67.0 Å². The van der Waals surface area contributed by atoms with Crippen molar-refractivity contribution in [2.75, 3.05) is 100.0 Å². The second-order valence-electron chi connectivity index (χ2n) is 14.3. The Bertz CT molecular complexity index is 1400. The van der Waals surface area contributed by atoms with E-state index in [-0.39, 0.29) is 73.0 Å². The number of rotatable bonds is 34. The number of alkyl carbamates (subject to hydrolysis) is 1. The van der Waals surface area contributed by atoms with E-state index >= 15 is 0 Å². The fourth-order valence-electron chi connectivity index (χ4n) is 4.48. The number of carbonyl (C=O) groups is 8. The minimum Gasteiger partial charge on any atom is -0.462 e. The molecular weight excluding hydrogens is 958 g/mol.